The second-order valence-electron chi connectivity index (χ2n) is 6.18. The van der Waals surface area contributed by atoms with Gasteiger partial charge in [0, 0.05) is 12.1 Å². The Kier molecular flexibility index (Phi) is 4.09. The number of rotatable bonds is 3. The molecule has 0 bridgehead atoms. The quantitative estimate of drug-likeness (QED) is 0.782. The van der Waals surface area contributed by atoms with Gasteiger partial charge in [0.25, 0.3) is 0 Å². The third-order valence-corrected chi connectivity index (χ3v) is 4.71. The van der Waals surface area contributed by atoms with Crippen molar-refractivity contribution < 1.29 is 0 Å². The maximum atomic E-state index is 3.88. The summed E-state index contributed by atoms with van der Waals surface area (Å²) < 4.78 is 0. The summed E-state index contributed by atoms with van der Waals surface area (Å²) in [4.78, 5) is 0. The van der Waals surface area contributed by atoms with Crippen LogP contribution in [0.1, 0.15) is 40.5 Å². The fourth-order valence-electron chi connectivity index (χ4n) is 3.73. The molecule has 1 fully saturated rings. The van der Waals surface area contributed by atoms with Crippen molar-refractivity contribution in [2.45, 2.75) is 52.6 Å². The third kappa shape index (κ3) is 2.65. The minimum Gasteiger partial charge on any atom is -0.307 e. The molecule has 96 valence electrons. The summed E-state index contributed by atoms with van der Waals surface area (Å²) in [6.07, 6.45) is 11.8. The molecule has 2 rings (SSSR count). The molecule has 1 saturated heterocycles. The molecule has 1 aliphatic carbocycles. The van der Waals surface area contributed by atoms with Crippen LogP contribution in [-0.2, 0) is 0 Å². The van der Waals surface area contributed by atoms with E-state index in [-0.39, 0.29) is 0 Å². The Labute approximate surface area is 106 Å². The minimum atomic E-state index is 0.571. The summed E-state index contributed by atoms with van der Waals surface area (Å²) in [5.41, 5.74) is 0. The predicted molar refractivity (Wildman–Crippen MR) is 74.9 cm³/mol. The molecule has 0 radical (unpaired) electrons. The number of hydrogen-bond acceptors (Lipinski definition) is 1. The van der Waals surface area contributed by atoms with E-state index < -0.39 is 0 Å². The minimum absolute atomic E-state index is 0.571. The first kappa shape index (κ1) is 12.9. The molecule has 0 saturated carbocycles. The van der Waals surface area contributed by atoms with Crippen LogP contribution < -0.4 is 5.32 Å². The largest absolute Gasteiger partial charge is 0.307 e. The van der Waals surface area contributed by atoms with Gasteiger partial charge in [-0.3, -0.25) is 0 Å². The molecular weight excluding hydrogens is 206 g/mol. The highest BCUT2D eigenvalue weighted by molar-refractivity contribution is 5.20. The molecule has 5 unspecified atom stereocenters. The molecule has 1 nitrogen and oxygen atoms in total. The fraction of sp³-hybridized carbons (Fsp3) is 0.750. The van der Waals surface area contributed by atoms with Gasteiger partial charge < -0.3 is 5.32 Å². The zero-order valence-electron chi connectivity index (χ0n) is 11.7. The van der Waals surface area contributed by atoms with Crippen molar-refractivity contribution in [3.63, 3.8) is 0 Å². The monoisotopic (exact) mass is 233 g/mol. The van der Waals surface area contributed by atoms with Gasteiger partial charge in [0.1, 0.15) is 0 Å². The van der Waals surface area contributed by atoms with E-state index in [4.69, 9.17) is 0 Å². The van der Waals surface area contributed by atoms with E-state index in [1.54, 1.807) is 0 Å². The Morgan fingerprint density at radius 1 is 1.24 bits per heavy atom. The number of piperidine rings is 1. The lowest BCUT2D eigenvalue weighted by molar-refractivity contribution is 0.150. The first-order valence-corrected chi connectivity index (χ1v) is 7.24. The van der Waals surface area contributed by atoms with Gasteiger partial charge >= 0.3 is 0 Å². The zero-order valence-corrected chi connectivity index (χ0v) is 11.7. The molecule has 0 spiro atoms. The molecule has 1 aliphatic heterocycles. The van der Waals surface area contributed by atoms with Gasteiger partial charge in [-0.1, -0.05) is 58.4 Å². The van der Waals surface area contributed by atoms with Crippen molar-refractivity contribution in [3.8, 4) is 0 Å². The van der Waals surface area contributed by atoms with Gasteiger partial charge in [0.05, 0.1) is 0 Å². The second kappa shape index (κ2) is 5.39. The first-order chi connectivity index (χ1) is 8.13. The number of nitrogens with one attached hydrogen (secondary N) is 1. The lowest BCUT2D eigenvalue weighted by atomic mass is 9.72. The topological polar surface area (TPSA) is 12.0 Å². The Morgan fingerprint density at radius 2 is 1.94 bits per heavy atom. The van der Waals surface area contributed by atoms with Crippen molar-refractivity contribution in [3.05, 3.63) is 24.3 Å². The van der Waals surface area contributed by atoms with Gasteiger partial charge in [-0.15, -0.1) is 0 Å². The smallest absolute Gasteiger partial charge is 0.0321 e. The van der Waals surface area contributed by atoms with E-state index in [1.807, 2.05) is 0 Å². The van der Waals surface area contributed by atoms with E-state index in [9.17, 15) is 0 Å². The lowest BCUT2D eigenvalue weighted by Gasteiger charge is -2.44. The van der Waals surface area contributed by atoms with E-state index in [1.165, 1.54) is 12.8 Å². The van der Waals surface area contributed by atoms with Crippen LogP contribution in [0.4, 0.5) is 0 Å². The number of hydrogen-bond donors (Lipinski definition) is 1. The highest BCUT2D eigenvalue weighted by Gasteiger charge is 2.36. The highest BCUT2D eigenvalue weighted by Crippen LogP contribution is 2.35. The Morgan fingerprint density at radius 3 is 2.59 bits per heavy atom. The van der Waals surface area contributed by atoms with Crippen molar-refractivity contribution in [1.29, 1.82) is 0 Å². The Balaban J connectivity index is 2.08. The molecule has 0 aromatic carbocycles. The molecular formula is C16H27N. The third-order valence-electron chi connectivity index (χ3n) is 4.71. The van der Waals surface area contributed by atoms with Crippen LogP contribution in [-0.4, -0.2) is 12.1 Å². The molecule has 17 heavy (non-hydrogen) atoms. The molecule has 1 heteroatoms. The van der Waals surface area contributed by atoms with Gasteiger partial charge in [-0.25, -0.2) is 0 Å². The molecule has 0 aromatic heterocycles. The van der Waals surface area contributed by atoms with Crippen molar-refractivity contribution >= 4 is 0 Å². The van der Waals surface area contributed by atoms with E-state index in [0.717, 1.165) is 17.8 Å². The van der Waals surface area contributed by atoms with Gasteiger partial charge in [0.2, 0.25) is 0 Å². The van der Waals surface area contributed by atoms with Gasteiger partial charge in [-0.2, -0.15) is 0 Å². The molecule has 2 aliphatic rings. The van der Waals surface area contributed by atoms with E-state index in [2.05, 4.69) is 57.3 Å². The van der Waals surface area contributed by atoms with E-state index >= 15 is 0 Å². The Bertz CT molecular complexity index is 303. The lowest BCUT2D eigenvalue weighted by Crippen LogP contribution is -2.53. The fourth-order valence-corrected chi connectivity index (χ4v) is 3.73. The SMILES string of the molecule is CCC(C(C)C)C1CC(C)C2C=CC=CC2N1. The summed E-state index contributed by atoms with van der Waals surface area (Å²) in [5.74, 6) is 3.11. The first-order valence-electron chi connectivity index (χ1n) is 7.24. The molecule has 1 heterocycles. The van der Waals surface area contributed by atoms with Crippen LogP contribution in [0.2, 0.25) is 0 Å². The standard InChI is InChI=1S/C16H27N/c1-5-13(11(2)3)16-10-12(4)14-8-6-7-9-15(14)17-16/h6-9,11-17H,5,10H2,1-4H3. The molecule has 1 N–H and O–H groups in total. The van der Waals surface area contributed by atoms with Crippen LogP contribution in [0.5, 0.6) is 0 Å². The van der Waals surface area contributed by atoms with Gasteiger partial charge in [0.15, 0.2) is 0 Å². The number of fused-ring (bicyclic) bond motifs is 1. The predicted octanol–water partition coefficient (Wildman–Crippen LogP) is 3.78. The van der Waals surface area contributed by atoms with Crippen molar-refractivity contribution in [1.82, 2.24) is 5.32 Å². The normalized spacial score (nSPS) is 38.2. The molecule has 5 atom stereocenters. The Hall–Kier alpha value is -0.560. The van der Waals surface area contributed by atoms with Crippen LogP contribution in [0, 0.1) is 23.7 Å². The van der Waals surface area contributed by atoms with Crippen LogP contribution in [0.3, 0.4) is 0 Å². The number of allylic oxidation sites excluding steroid dienone is 2. The van der Waals surface area contributed by atoms with Crippen LogP contribution in [0.15, 0.2) is 24.3 Å². The summed E-state index contributed by atoms with van der Waals surface area (Å²) >= 11 is 0. The average molecular weight is 233 g/mol. The molecule has 0 amide bonds. The summed E-state index contributed by atoms with van der Waals surface area (Å²) in [6.45, 7) is 9.48. The summed E-state index contributed by atoms with van der Waals surface area (Å²) in [6, 6.07) is 1.27. The average Bonchev–Trinajstić information content (AvgIpc) is 2.29. The molecule has 0 aromatic rings. The van der Waals surface area contributed by atoms with Crippen LogP contribution in [0.25, 0.3) is 0 Å². The maximum Gasteiger partial charge on any atom is 0.0321 e. The van der Waals surface area contributed by atoms with Crippen molar-refractivity contribution in [2.75, 3.05) is 0 Å². The highest BCUT2D eigenvalue weighted by atomic mass is 15.0. The summed E-state index contributed by atoms with van der Waals surface area (Å²) in [5, 5.41) is 3.88. The summed E-state index contributed by atoms with van der Waals surface area (Å²) in [7, 11) is 0. The zero-order chi connectivity index (χ0) is 12.4. The van der Waals surface area contributed by atoms with Crippen LogP contribution >= 0.6 is 0 Å². The van der Waals surface area contributed by atoms with E-state index in [0.29, 0.717) is 18.0 Å². The van der Waals surface area contributed by atoms with Crippen molar-refractivity contribution in [2.24, 2.45) is 23.7 Å². The second-order valence-corrected chi connectivity index (χ2v) is 6.18. The van der Waals surface area contributed by atoms with Gasteiger partial charge in [-0.05, 0) is 30.1 Å². The maximum absolute atomic E-state index is 3.88.